The smallest absolute Gasteiger partial charge is 0.286 e. The Bertz CT molecular complexity index is 1940. The summed E-state index contributed by atoms with van der Waals surface area (Å²) in [4.78, 5) is 29.3. The molecule has 7 rings (SSSR count). The summed E-state index contributed by atoms with van der Waals surface area (Å²) in [6.45, 7) is 1.98. The molecule has 51 heavy (non-hydrogen) atoms. The summed E-state index contributed by atoms with van der Waals surface area (Å²) in [6.07, 6.45) is 10.6. The Balaban J connectivity index is 1.23. The molecular formula is C40H45ClFN3O5S. The molecule has 2 heterocycles. The van der Waals surface area contributed by atoms with Gasteiger partial charge in [0.25, 0.3) is 5.91 Å². The van der Waals surface area contributed by atoms with Crippen LogP contribution in [0.15, 0.2) is 77.2 Å². The number of carbonyl (C=O) groups excluding carboxylic acids is 2. The van der Waals surface area contributed by atoms with Gasteiger partial charge in [-0.25, -0.2) is 8.60 Å². The highest BCUT2D eigenvalue weighted by Crippen LogP contribution is 2.47. The van der Waals surface area contributed by atoms with Crippen LogP contribution in [0, 0.1) is 17.7 Å². The summed E-state index contributed by atoms with van der Waals surface area (Å²) >= 11 is 6.44. The Morgan fingerprint density at radius 2 is 1.98 bits per heavy atom. The van der Waals surface area contributed by atoms with Gasteiger partial charge in [-0.15, -0.1) is 4.36 Å². The lowest BCUT2D eigenvalue weighted by Gasteiger charge is -2.46. The maximum absolute atomic E-state index is 14.2. The van der Waals surface area contributed by atoms with Crippen molar-refractivity contribution in [3.63, 3.8) is 0 Å². The quantitative estimate of drug-likeness (QED) is 0.271. The molecule has 1 spiro atoms. The van der Waals surface area contributed by atoms with Gasteiger partial charge in [0.2, 0.25) is 5.91 Å². The minimum absolute atomic E-state index is 0.0151. The van der Waals surface area contributed by atoms with Crippen LogP contribution in [0.4, 0.5) is 10.1 Å². The molecule has 2 bridgehead atoms. The van der Waals surface area contributed by atoms with Crippen LogP contribution in [0.3, 0.4) is 0 Å². The van der Waals surface area contributed by atoms with Crippen LogP contribution in [-0.4, -0.2) is 54.7 Å². The molecule has 2 amide bonds. The SMILES string of the molecule is CO[C@H]1/C=C\CCCS(=O)(NC(=O)CCc2ccc(F)cc2)=NC(=O)c2ccc3c(c2)N(C[C@@H]2CC[C@H]21)C[C@@]1(CCCc2cc(Cl)ccc21)CO3. The summed E-state index contributed by atoms with van der Waals surface area (Å²) < 4.78 is 47.1. The molecule has 270 valence electrons. The Hall–Kier alpha value is -3.73. The highest BCUT2D eigenvalue weighted by molar-refractivity contribution is 7.92. The minimum atomic E-state index is -3.46. The molecule has 1 saturated carbocycles. The number of nitrogens with one attached hydrogen (secondary N) is 1. The van der Waals surface area contributed by atoms with Crippen LogP contribution < -0.4 is 14.4 Å². The summed E-state index contributed by atoms with van der Waals surface area (Å²) in [5, 5.41) is 0.733. The molecule has 0 aromatic heterocycles. The number of halogens is 2. The Labute approximate surface area is 305 Å². The number of rotatable bonds is 5. The zero-order valence-corrected chi connectivity index (χ0v) is 30.5. The molecule has 8 nitrogen and oxygen atoms in total. The van der Waals surface area contributed by atoms with Crippen molar-refractivity contribution in [2.45, 2.75) is 69.3 Å². The number of nitrogens with zero attached hydrogens (tertiary/aromatic N) is 2. The maximum atomic E-state index is 14.2. The van der Waals surface area contributed by atoms with Gasteiger partial charge in [0.15, 0.2) is 0 Å². The molecule has 1 N–H and O–H groups in total. The molecule has 5 atom stereocenters. The number of allylic oxidation sites excluding steroid dienone is 1. The predicted molar refractivity (Wildman–Crippen MR) is 198 cm³/mol. The molecule has 3 aromatic carbocycles. The Morgan fingerprint density at radius 1 is 1.14 bits per heavy atom. The zero-order chi connectivity index (χ0) is 35.6. The van der Waals surface area contributed by atoms with E-state index in [0.29, 0.717) is 50.0 Å². The van der Waals surface area contributed by atoms with E-state index in [4.69, 9.17) is 21.1 Å². The van der Waals surface area contributed by atoms with E-state index in [-0.39, 0.29) is 35.1 Å². The molecule has 1 unspecified atom stereocenters. The second kappa shape index (κ2) is 15.1. The van der Waals surface area contributed by atoms with E-state index in [0.717, 1.165) is 54.9 Å². The number of anilines is 1. The number of hydrogen-bond acceptors (Lipinski definition) is 6. The summed E-state index contributed by atoms with van der Waals surface area (Å²) in [5.74, 6) is -0.0596. The molecular weight excluding hydrogens is 689 g/mol. The van der Waals surface area contributed by atoms with Gasteiger partial charge in [-0.05, 0) is 122 Å². The summed E-state index contributed by atoms with van der Waals surface area (Å²) in [6, 6.07) is 17.4. The zero-order valence-electron chi connectivity index (χ0n) is 29.0. The molecule has 4 aliphatic rings. The first-order valence-corrected chi connectivity index (χ1v) is 20.0. The third-order valence-corrected chi connectivity index (χ3v) is 13.2. The van der Waals surface area contributed by atoms with E-state index in [1.165, 1.54) is 23.3 Å². The van der Waals surface area contributed by atoms with Crippen molar-refractivity contribution in [3.05, 3.63) is 106 Å². The highest BCUT2D eigenvalue weighted by Gasteiger charge is 2.44. The fraction of sp³-hybridized carbons (Fsp3) is 0.450. The van der Waals surface area contributed by atoms with Crippen molar-refractivity contribution < 1.29 is 27.7 Å². The van der Waals surface area contributed by atoms with Crippen LogP contribution in [0.5, 0.6) is 5.75 Å². The van der Waals surface area contributed by atoms with Crippen molar-refractivity contribution in [1.82, 2.24) is 4.72 Å². The van der Waals surface area contributed by atoms with Gasteiger partial charge in [-0.1, -0.05) is 42.0 Å². The van der Waals surface area contributed by atoms with Gasteiger partial charge in [-0.3, -0.25) is 14.3 Å². The van der Waals surface area contributed by atoms with E-state index in [1.54, 1.807) is 25.3 Å². The maximum Gasteiger partial charge on any atom is 0.286 e. The Kier molecular flexibility index (Phi) is 10.6. The topological polar surface area (TPSA) is 97.3 Å². The van der Waals surface area contributed by atoms with Crippen molar-refractivity contribution in [2.75, 3.05) is 37.5 Å². The van der Waals surface area contributed by atoms with Crippen LogP contribution in [0.25, 0.3) is 0 Å². The van der Waals surface area contributed by atoms with Gasteiger partial charge in [0.1, 0.15) is 21.5 Å². The van der Waals surface area contributed by atoms with E-state index in [2.05, 4.69) is 32.2 Å². The van der Waals surface area contributed by atoms with Crippen LogP contribution in [0.1, 0.15) is 72.0 Å². The molecule has 1 fully saturated rings. The van der Waals surface area contributed by atoms with Crippen LogP contribution >= 0.6 is 11.6 Å². The fourth-order valence-corrected chi connectivity index (χ4v) is 10.1. The number of benzene rings is 3. The minimum Gasteiger partial charge on any atom is -0.490 e. The molecule has 2 aliphatic carbocycles. The summed E-state index contributed by atoms with van der Waals surface area (Å²) in [7, 11) is -1.71. The van der Waals surface area contributed by atoms with Crippen molar-refractivity contribution in [3.8, 4) is 5.75 Å². The van der Waals surface area contributed by atoms with E-state index in [9.17, 15) is 18.2 Å². The average Bonchev–Trinajstić information content (AvgIpc) is 3.25. The normalized spacial score (nSPS) is 28.3. The molecule has 2 aliphatic heterocycles. The molecule has 3 aromatic rings. The number of carbonyl (C=O) groups is 2. The fourth-order valence-electron chi connectivity index (χ4n) is 8.25. The van der Waals surface area contributed by atoms with Gasteiger partial charge in [-0.2, -0.15) is 0 Å². The van der Waals surface area contributed by atoms with E-state index < -0.39 is 21.7 Å². The first-order chi connectivity index (χ1) is 24.6. The average molecular weight is 734 g/mol. The highest BCUT2D eigenvalue weighted by atomic mass is 35.5. The molecule has 0 saturated heterocycles. The van der Waals surface area contributed by atoms with Crippen LogP contribution in [-0.2, 0) is 37.7 Å². The van der Waals surface area contributed by atoms with Crippen LogP contribution in [0.2, 0.25) is 5.02 Å². The van der Waals surface area contributed by atoms with Crippen molar-refractivity contribution >= 4 is 39.0 Å². The Morgan fingerprint density at radius 3 is 2.76 bits per heavy atom. The second-order valence-corrected chi connectivity index (χ2v) is 17.0. The van der Waals surface area contributed by atoms with Crippen molar-refractivity contribution in [1.29, 1.82) is 0 Å². The second-order valence-electron chi connectivity index (χ2n) is 14.5. The number of hydrogen-bond donors (Lipinski definition) is 1. The standard InChI is InChI=1S/C40H45ClFN3O5S/c1-49-36-7-3-2-4-21-51(48,43-38(46)19-10-27-8-14-32(42)15-9-27)44-39(47)29-12-18-37-35(23-29)45(24-30-11-16-33(30)36)25-40(26-50-37)20-5-6-28-22-31(41)13-17-34(28)40/h3,7-9,12-15,17-18,22-23,30,33,36H,2,4-6,10-11,16,19-21,24-26H2,1H3,(H,43,44,46,47,48)/b7-3-/t30-,33+,36-,40-,51?/m0/s1. The number of amides is 2. The first-order valence-electron chi connectivity index (χ1n) is 18.0. The molecule has 11 heteroatoms. The van der Waals surface area contributed by atoms with Gasteiger partial charge < -0.3 is 14.4 Å². The third kappa shape index (κ3) is 7.88. The lowest BCUT2D eigenvalue weighted by molar-refractivity contribution is -0.119. The third-order valence-electron chi connectivity index (χ3n) is 11.1. The number of ether oxygens (including phenoxy) is 2. The lowest BCUT2D eigenvalue weighted by Crippen LogP contribution is -2.49. The molecule has 0 radical (unpaired) electrons. The number of methoxy groups -OCH3 is 1. The van der Waals surface area contributed by atoms with Crippen molar-refractivity contribution in [2.24, 2.45) is 16.2 Å². The lowest BCUT2D eigenvalue weighted by atomic mass is 9.68. The van der Waals surface area contributed by atoms with E-state index in [1.807, 2.05) is 24.3 Å². The van der Waals surface area contributed by atoms with Gasteiger partial charge >= 0.3 is 0 Å². The largest absolute Gasteiger partial charge is 0.490 e. The summed E-state index contributed by atoms with van der Waals surface area (Å²) in [5.41, 5.74) is 4.13. The predicted octanol–water partition coefficient (Wildman–Crippen LogP) is 7.62. The number of fused-ring (bicyclic) bond motifs is 4. The first kappa shape index (κ1) is 35.7. The monoisotopic (exact) mass is 733 g/mol. The van der Waals surface area contributed by atoms with E-state index >= 15 is 0 Å². The number of aryl methyl sites for hydroxylation is 2. The van der Waals surface area contributed by atoms with Gasteiger partial charge in [0, 0.05) is 42.6 Å². The van der Waals surface area contributed by atoms with Gasteiger partial charge in [0.05, 0.1) is 24.2 Å².